The maximum absolute atomic E-state index is 5.50. The molecule has 1 rings (SSSR count). The van der Waals surface area contributed by atoms with E-state index in [4.69, 9.17) is 9.47 Å². The molecule has 0 aromatic rings. The van der Waals surface area contributed by atoms with Crippen LogP contribution in [0.3, 0.4) is 0 Å². The van der Waals surface area contributed by atoms with Crippen LogP contribution in [0.15, 0.2) is 11.5 Å². The molecular formula is C12H22O2S. The van der Waals surface area contributed by atoms with E-state index in [1.165, 1.54) is 6.42 Å². The van der Waals surface area contributed by atoms with E-state index in [2.05, 4.69) is 31.6 Å². The number of thioether (sulfide) groups is 1. The first-order chi connectivity index (χ1) is 7.27. The van der Waals surface area contributed by atoms with Crippen LogP contribution in [0.5, 0.6) is 0 Å². The number of allylic oxidation sites excluding steroid dienone is 1. The van der Waals surface area contributed by atoms with Crippen molar-refractivity contribution in [2.24, 2.45) is 11.8 Å². The molecular weight excluding hydrogens is 208 g/mol. The first-order valence-electron chi connectivity index (χ1n) is 5.70. The van der Waals surface area contributed by atoms with Gasteiger partial charge in [-0.2, -0.15) is 0 Å². The number of rotatable bonds is 6. The van der Waals surface area contributed by atoms with Gasteiger partial charge >= 0.3 is 0 Å². The Morgan fingerprint density at radius 3 is 2.60 bits per heavy atom. The second-order valence-corrected chi connectivity index (χ2v) is 4.76. The molecule has 0 saturated carbocycles. The molecule has 0 amide bonds. The molecule has 0 aromatic carbocycles. The summed E-state index contributed by atoms with van der Waals surface area (Å²) in [6.45, 7) is 6.04. The standard InChI is InChI=1S/C12H22O2S/c1-4-10(2)11(5-8-15-3)9-12-13-6-7-14-12/h5,8,10-12H,4,6-7,9H2,1-3H3/b8-5+. The van der Waals surface area contributed by atoms with Crippen LogP contribution in [0, 0.1) is 11.8 Å². The van der Waals surface area contributed by atoms with Crippen LogP contribution in [0.4, 0.5) is 0 Å². The van der Waals surface area contributed by atoms with Gasteiger partial charge in [0.1, 0.15) is 0 Å². The third-order valence-corrected chi connectivity index (χ3v) is 3.42. The first kappa shape index (κ1) is 13.1. The van der Waals surface area contributed by atoms with Gasteiger partial charge in [0, 0.05) is 6.42 Å². The van der Waals surface area contributed by atoms with E-state index in [1.807, 2.05) is 0 Å². The molecule has 0 aromatic heterocycles. The Hall–Kier alpha value is 0.01000. The molecule has 88 valence electrons. The SMILES string of the molecule is CCC(C)C(/C=C/SC)CC1OCCO1. The predicted octanol–water partition coefficient (Wildman–Crippen LogP) is 3.29. The van der Waals surface area contributed by atoms with Crippen LogP contribution < -0.4 is 0 Å². The van der Waals surface area contributed by atoms with Gasteiger partial charge in [-0.05, 0) is 23.5 Å². The summed E-state index contributed by atoms with van der Waals surface area (Å²) in [7, 11) is 0. The van der Waals surface area contributed by atoms with Crippen molar-refractivity contribution in [3.8, 4) is 0 Å². The molecule has 0 spiro atoms. The number of hydrogen-bond acceptors (Lipinski definition) is 3. The van der Waals surface area contributed by atoms with Crippen molar-refractivity contribution >= 4 is 11.8 Å². The summed E-state index contributed by atoms with van der Waals surface area (Å²) in [6.07, 6.45) is 6.61. The highest BCUT2D eigenvalue weighted by atomic mass is 32.2. The Morgan fingerprint density at radius 1 is 1.40 bits per heavy atom. The molecule has 1 aliphatic heterocycles. The summed E-state index contributed by atoms with van der Waals surface area (Å²) in [5.41, 5.74) is 0. The highest BCUT2D eigenvalue weighted by Crippen LogP contribution is 2.25. The Labute approximate surface area is 97.4 Å². The Morgan fingerprint density at radius 2 is 2.07 bits per heavy atom. The van der Waals surface area contributed by atoms with Crippen LogP contribution in [-0.2, 0) is 9.47 Å². The fourth-order valence-corrected chi connectivity index (χ4v) is 2.11. The second-order valence-electron chi connectivity index (χ2n) is 4.02. The highest BCUT2D eigenvalue weighted by Gasteiger charge is 2.22. The summed E-state index contributed by atoms with van der Waals surface area (Å²) in [5, 5.41) is 2.17. The average Bonchev–Trinajstić information content (AvgIpc) is 2.75. The Balaban J connectivity index is 2.43. The zero-order chi connectivity index (χ0) is 11.1. The molecule has 1 aliphatic rings. The topological polar surface area (TPSA) is 18.5 Å². The Bertz CT molecular complexity index is 188. The summed E-state index contributed by atoms with van der Waals surface area (Å²) >= 11 is 1.75. The van der Waals surface area contributed by atoms with Gasteiger partial charge in [-0.25, -0.2) is 0 Å². The molecule has 3 heteroatoms. The van der Waals surface area contributed by atoms with Crippen molar-refractivity contribution < 1.29 is 9.47 Å². The van der Waals surface area contributed by atoms with Crippen molar-refractivity contribution in [2.45, 2.75) is 33.0 Å². The van der Waals surface area contributed by atoms with E-state index in [0.29, 0.717) is 11.8 Å². The van der Waals surface area contributed by atoms with E-state index in [9.17, 15) is 0 Å². The lowest BCUT2D eigenvalue weighted by Crippen LogP contribution is -2.18. The van der Waals surface area contributed by atoms with Crippen LogP contribution in [0.1, 0.15) is 26.7 Å². The summed E-state index contributed by atoms with van der Waals surface area (Å²) in [5.74, 6) is 1.27. The lowest BCUT2D eigenvalue weighted by Gasteiger charge is -2.22. The molecule has 2 unspecified atom stereocenters. The fraction of sp³-hybridized carbons (Fsp3) is 0.833. The Kier molecular flexibility index (Phi) is 6.37. The van der Waals surface area contributed by atoms with Crippen molar-refractivity contribution in [3.63, 3.8) is 0 Å². The van der Waals surface area contributed by atoms with Crippen LogP contribution in [-0.4, -0.2) is 25.8 Å². The quantitative estimate of drug-likeness (QED) is 0.697. The molecule has 0 bridgehead atoms. The van der Waals surface area contributed by atoms with Gasteiger partial charge in [-0.3, -0.25) is 0 Å². The minimum absolute atomic E-state index is 0.0236. The molecule has 1 saturated heterocycles. The normalized spacial score (nSPS) is 22.3. The van der Waals surface area contributed by atoms with E-state index in [1.54, 1.807) is 11.8 Å². The van der Waals surface area contributed by atoms with Crippen molar-refractivity contribution in [2.75, 3.05) is 19.5 Å². The summed E-state index contributed by atoms with van der Waals surface area (Å²) < 4.78 is 11.0. The average molecular weight is 230 g/mol. The lowest BCUT2D eigenvalue weighted by atomic mass is 9.89. The van der Waals surface area contributed by atoms with Crippen molar-refractivity contribution in [1.29, 1.82) is 0 Å². The number of hydrogen-bond donors (Lipinski definition) is 0. The highest BCUT2D eigenvalue weighted by molar-refractivity contribution is 8.01. The van der Waals surface area contributed by atoms with Gasteiger partial charge in [-0.15, -0.1) is 11.8 Å². The van der Waals surface area contributed by atoms with Crippen LogP contribution in [0.25, 0.3) is 0 Å². The maximum atomic E-state index is 5.50. The van der Waals surface area contributed by atoms with Crippen LogP contribution >= 0.6 is 11.8 Å². The molecule has 1 heterocycles. The molecule has 15 heavy (non-hydrogen) atoms. The summed E-state index contributed by atoms with van der Waals surface area (Å²) in [4.78, 5) is 0. The summed E-state index contributed by atoms with van der Waals surface area (Å²) in [6, 6.07) is 0. The molecule has 0 radical (unpaired) electrons. The van der Waals surface area contributed by atoms with Gasteiger partial charge in [0.15, 0.2) is 6.29 Å². The molecule has 1 fully saturated rings. The third-order valence-electron chi connectivity index (χ3n) is 2.99. The van der Waals surface area contributed by atoms with Crippen LogP contribution in [0.2, 0.25) is 0 Å². The molecule has 0 N–H and O–H groups in total. The smallest absolute Gasteiger partial charge is 0.158 e. The number of ether oxygens (including phenoxy) is 2. The van der Waals surface area contributed by atoms with Gasteiger partial charge in [-0.1, -0.05) is 26.3 Å². The van der Waals surface area contributed by atoms with E-state index < -0.39 is 0 Å². The van der Waals surface area contributed by atoms with Gasteiger partial charge in [0.05, 0.1) is 13.2 Å². The van der Waals surface area contributed by atoms with E-state index in [-0.39, 0.29) is 6.29 Å². The molecule has 0 aliphatic carbocycles. The molecule has 2 nitrogen and oxygen atoms in total. The fourth-order valence-electron chi connectivity index (χ4n) is 1.75. The largest absolute Gasteiger partial charge is 0.350 e. The van der Waals surface area contributed by atoms with Crippen molar-refractivity contribution in [3.05, 3.63) is 11.5 Å². The van der Waals surface area contributed by atoms with Gasteiger partial charge < -0.3 is 9.47 Å². The molecule has 2 atom stereocenters. The minimum atomic E-state index is 0.0236. The lowest BCUT2D eigenvalue weighted by molar-refractivity contribution is -0.0570. The van der Waals surface area contributed by atoms with E-state index >= 15 is 0 Å². The third kappa shape index (κ3) is 4.58. The van der Waals surface area contributed by atoms with Crippen molar-refractivity contribution in [1.82, 2.24) is 0 Å². The second kappa shape index (κ2) is 7.31. The predicted molar refractivity (Wildman–Crippen MR) is 65.9 cm³/mol. The monoisotopic (exact) mass is 230 g/mol. The first-order valence-corrected chi connectivity index (χ1v) is 6.99. The van der Waals surface area contributed by atoms with Gasteiger partial charge in [0.2, 0.25) is 0 Å². The minimum Gasteiger partial charge on any atom is -0.350 e. The maximum Gasteiger partial charge on any atom is 0.158 e. The van der Waals surface area contributed by atoms with Gasteiger partial charge in [0.25, 0.3) is 0 Å². The van der Waals surface area contributed by atoms with E-state index in [0.717, 1.165) is 19.6 Å². The zero-order valence-electron chi connectivity index (χ0n) is 9.94. The zero-order valence-corrected chi connectivity index (χ0v) is 10.8.